The van der Waals surface area contributed by atoms with Gasteiger partial charge in [-0.15, -0.1) is 0 Å². The normalized spacial score (nSPS) is 14.7. The molecular formula is C11H16O8. The zero-order chi connectivity index (χ0) is 15.0. The smallest absolute Gasteiger partial charge is 0.151 e. The van der Waals surface area contributed by atoms with Crippen LogP contribution in [0.15, 0.2) is 18.2 Å². The molecule has 19 heavy (non-hydrogen) atoms. The largest absolute Gasteiger partial charge is 0.508 e. The Bertz CT molecular complexity index is 344. The molecule has 0 fully saturated rings. The molecule has 0 saturated carbocycles. The van der Waals surface area contributed by atoms with E-state index < -0.39 is 24.9 Å². The number of carbonyl (C=O) groups is 1. The van der Waals surface area contributed by atoms with Gasteiger partial charge in [-0.2, -0.15) is 0 Å². The van der Waals surface area contributed by atoms with Crippen molar-refractivity contribution in [3.8, 4) is 17.2 Å². The summed E-state index contributed by atoms with van der Waals surface area (Å²) in [5, 5.41) is 60.1. The van der Waals surface area contributed by atoms with Gasteiger partial charge in [0.05, 0.1) is 6.61 Å². The van der Waals surface area contributed by atoms with Crippen LogP contribution in [-0.4, -0.2) is 67.0 Å². The van der Waals surface area contributed by atoms with Crippen LogP contribution in [0, 0.1) is 0 Å². The van der Waals surface area contributed by atoms with E-state index in [-0.39, 0.29) is 23.5 Å². The van der Waals surface area contributed by atoms with Crippen molar-refractivity contribution in [3.05, 3.63) is 18.2 Å². The molecule has 1 rings (SSSR count). The Kier molecular flexibility index (Phi) is 7.46. The van der Waals surface area contributed by atoms with E-state index in [0.29, 0.717) is 0 Å². The first-order valence-electron chi connectivity index (χ1n) is 5.14. The highest BCUT2D eigenvalue weighted by Gasteiger charge is 2.22. The van der Waals surface area contributed by atoms with E-state index >= 15 is 0 Å². The second-order valence-electron chi connectivity index (χ2n) is 3.57. The van der Waals surface area contributed by atoms with Crippen LogP contribution >= 0.6 is 0 Å². The van der Waals surface area contributed by atoms with Crippen LogP contribution in [0.2, 0.25) is 0 Å². The first kappa shape index (κ1) is 17.1. The van der Waals surface area contributed by atoms with Crippen LogP contribution in [0.25, 0.3) is 0 Å². The number of phenolic OH excluding ortho intramolecular Hbond substituents is 3. The van der Waals surface area contributed by atoms with Gasteiger partial charge >= 0.3 is 0 Å². The van der Waals surface area contributed by atoms with Crippen LogP contribution in [0.4, 0.5) is 0 Å². The van der Waals surface area contributed by atoms with E-state index in [9.17, 15) is 4.79 Å². The first-order valence-corrected chi connectivity index (χ1v) is 5.14. The molecule has 0 aliphatic carbocycles. The molecule has 3 atom stereocenters. The Balaban J connectivity index is 0.000000342. The molecule has 0 bridgehead atoms. The molecule has 0 saturated heterocycles. The van der Waals surface area contributed by atoms with E-state index in [1.165, 1.54) is 0 Å². The first-order chi connectivity index (χ1) is 8.81. The maximum absolute atomic E-state index is 9.76. The van der Waals surface area contributed by atoms with E-state index in [1.54, 1.807) is 0 Å². The zero-order valence-corrected chi connectivity index (χ0v) is 9.79. The van der Waals surface area contributed by atoms with Crippen LogP contribution in [0.3, 0.4) is 0 Å². The molecular weight excluding hydrogens is 260 g/mol. The lowest BCUT2D eigenvalue weighted by Gasteiger charge is -2.16. The number of rotatable bonds is 4. The zero-order valence-electron chi connectivity index (χ0n) is 9.79. The number of aldehydes is 1. The number of phenols is 3. The Labute approximate surface area is 108 Å². The molecule has 0 amide bonds. The SMILES string of the molecule is O=C[C@H](O)[C@@H](O)[C@H](O)CO.Oc1cc(O)cc(O)c1. The van der Waals surface area contributed by atoms with Gasteiger partial charge in [-0.3, -0.25) is 0 Å². The Hall–Kier alpha value is -1.87. The van der Waals surface area contributed by atoms with Gasteiger partial charge in [0.25, 0.3) is 0 Å². The summed E-state index contributed by atoms with van der Waals surface area (Å²) < 4.78 is 0. The maximum atomic E-state index is 9.76. The quantitative estimate of drug-likeness (QED) is 0.313. The van der Waals surface area contributed by atoms with Gasteiger partial charge in [0.15, 0.2) is 6.29 Å². The summed E-state index contributed by atoms with van der Waals surface area (Å²) in [6, 6.07) is 3.42. The van der Waals surface area contributed by atoms with Gasteiger partial charge < -0.3 is 40.5 Å². The number of aromatic hydroxyl groups is 3. The van der Waals surface area contributed by atoms with Crippen molar-refractivity contribution in [2.75, 3.05) is 6.61 Å². The highest BCUT2D eigenvalue weighted by atomic mass is 16.4. The maximum Gasteiger partial charge on any atom is 0.151 e. The van der Waals surface area contributed by atoms with Gasteiger partial charge in [0, 0.05) is 18.2 Å². The molecule has 8 nitrogen and oxygen atoms in total. The third-order valence-electron chi connectivity index (χ3n) is 1.96. The Morgan fingerprint density at radius 2 is 1.32 bits per heavy atom. The number of benzene rings is 1. The third kappa shape index (κ3) is 6.58. The molecule has 0 aromatic heterocycles. The second kappa shape index (κ2) is 8.27. The number of aliphatic hydroxyl groups excluding tert-OH is 4. The highest BCUT2D eigenvalue weighted by Crippen LogP contribution is 2.23. The van der Waals surface area contributed by atoms with Crippen LogP contribution < -0.4 is 0 Å². The summed E-state index contributed by atoms with van der Waals surface area (Å²) in [4.78, 5) is 9.76. The van der Waals surface area contributed by atoms with Gasteiger partial charge in [-0.1, -0.05) is 0 Å². The number of aliphatic hydroxyl groups is 4. The average molecular weight is 276 g/mol. The minimum absolute atomic E-state index is 0.0869. The number of hydrogen-bond donors (Lipinski definition) is 7. The lowest BCUT2D eigenvalue weighted by molar-refractivity contribution is -0.127. The molecule has 8 heteroatoms. The van der Waals surface area contributed by atoms with Crippen LogP contribution in [-0.2, 0) is 4.79 Å². The minimum Gasteiger partial charge on any atom is -0.508 e. The average Bonchev–Trinajstić information content (AvgIpc) is 2.35. The predicted octanol–water partition coefficient (Wildman–Crippen LogP) is -1.94. The van der Waals surface area contributed by atoms with Gasteiger partial charge in [-0.25, -0.2) is 0 Å². The van der Waals surface area contributed by atoms with Crippen molar-refractivity contribution in [1.29, 1.82) is 0 Å². The molecule has 0 aliphatic heterocycles. The summed E-state index contributed by atoms with van der Waals surface area (Å²) >= 11 is 0. The van der Waals surface area contributed by atoms with Gasteiger partial charge in [0.2, 0.25) is 0 Å². The molecule has 0 heterocycles. The number of hydrogen-bond acceptors (Lipinski definition) is 8. The predicted molar refractivity (Wildman–Crippen MR) is 62.6 cm³/mol. The molecule has 0 radical (unpaired) electrons. The van der Waals surface area contributed by atoms with Gasteiger partial charge in [0.1, 0.15) is 35.6 Å². The fourth-order valence-corrected chi connectivity index (χ4v) is 0.996. The molecule has 1 aromatic carbocycles. The van der Waals surface area contributed by atoms with Crippen molar-refractivity contribution < 1.29 is 40.5 Å². The van der Waals surface area contributed by atoms with Crippen molar-refractivity contribution >= 4 is 6.29 Å². The molecule has 0 unspecified atom stereocenters. The van der Waals surface area contributed by atoms with E-state index in [2.05, 4.69) is 0 Å². The van der Waals surface area contributed by atoms with E-state index in [4.69, 9.17) is 35.7 Å². The van der Waals surface area contributed by atoms with Gasteiger partial charge in [-0.05, 0) is 0 Å². The van der Waals surface area contributed by atoms with Crippen molar-refractivity contribution in [1.82, 2.24) is 0 Å². The highest BCUT2D eigenvalue weighted by molar-refractivity contribution is 5.56. The monoisotopic (exact) mass is 276 g/mol. The van der Waals surface area contributed by atoms with Crippen molar-refractivity contribution in [2.45, 2.75) is 18.3 Å². The van der Waals surface area contributed by atoms with Crippen molar-refractivity contribution in [2.24, 2.45) is 0 Å². The lowest BCUT2D eigenvalue weighted by Crippen LogP contribution is -2.40. The Morgan fingerprint density at radius 1 is 0.947 bits per heavy atom. The number of carbonyl (C=O) groups excluding carboxylic acids is 1. The summed E-state index contributed by atoms with van der Waals surface area (Å²) in [7, 11) is 0. The minimum atomic E-state index is -1.64. The Morgan fingerprint density at radius 3 is 1.58 bits per heavy atom. The topological polar surface area (TPSA) is 159 Å². The molecule has 7 N–H and O–H groups in total. The fourth-order valence-electron chi connectivity index (χ4n) is 0.996. The van der Waals surface area contributed by atoms with Crippen molar-refractivity contribution in [3.63, 3.8) is 0 Å². The summed E-state index contributed by atoms with van der Waals surface area (Å²) in [6.45, 7) is -0.688. The summed E-state index contributed by atoms with van der Waals surface area (Å²) in [5.41, 5.74) is 0. The molecule has 0 spiro atoms. The third-order valence-corrected chi connectivity index (χ3v) is 1.96. The lowest BCUT2D eigenvalue weighted by atomic mass is 10.1. The summed E-state index contributed by atoms with van der Waals surface area (Å²) in [5.74, 6) is -0.437. The van der Waals surface area contributed by atoms with E-state index in [1.807, 2.05) is 0 Å². The van der Waals surface area contributed by atoms with Crippen LogP contribution in [0.5, 0.6) is 17.2 Å². The van der Waals surface area contributed by atoms with Crippen LogP contribution in [0.1, 0.15) is 0 Å². The summed E-state index contributed by atoms with van der Waals surface area (Å²) in [6.07, 6.45) is -4.63. The second-order valence-corrected chi connectivity index (χ2v) is 3.57. The van der Waals surface area contributed by atoms with E-state index in [0.717, 1.165) is 18.2 Å². The molecule has 1 aromatic rings. The standard InChI is InChI=1S/C6H6O3.C5H10O5/c7-4-1-5(8)3-6(9)2-4;6-1-3(8)5(10)4(9)2-7/h1-3,7-9H;1,3-5,7-10H,2H2/t;3-,4+,5+/m.0/s1. The molecule has 108 valence electrons. The molecule has 0 aliphatic rings. The fraction of sp³-hybridized carbons (Fsp3) is 0.364.